The van der Waals surface area contributed by atoms with E-state index in [1.54, 1.807) is 0 Å². The third-order valence-electron chi connectivity index (χ3n) is 6.59. The summed E-state index contributed by atoms with van der Waals surface area (Å²) in [5.74, 6) is -0.267. The molecule has 2 atom stereocenters. The first-order valence-electron chi connectivity index (χ1n) is 12.6. The minimum absolute atomic E-state index is 0.0728. The van der Waals surface area contributed by atoms with Crippen LogP contribution < -0.4 is 14.8 Å². The maximum absolute atomic E-state index is 12.7. The highest BCUT2D eigenvalue weighted by Crippen LogP contribution is 2.36. The smallest absolute Gasteiger partial charge is 0.416 e. The van der Waals surface area contributed by atoms with E-state index in [9.17, 15) is 46.6 Å². The van der Waals surface area contributed by atoms with Gasteiger partial charge < -0.3 is 19.7 Å². The van der Waals surface area contributed by atoms with Crippen LogP contribution in [0.2, 0.25) is 0 Å². The molecule has 4 rings (SSSR count). The highest BCUT2D eigenvalue weighted by molar-refractivity contribution is 5.44. The van der Waals surface area contributed by atoms with Crippen LogP contribution in [0, 0.1) is 20.2 Å². The van der Waals surface area contributed by atoms with Gasteiger partial charge in [0, 0.05) is 24.2 Å². The molecular formula is C25H28F6N4O6. The lowest BCUT2D eigenvalue weighted by molar-refractivity contribution is -0.385. The van der Waals surface area contributed by atoms with E-state index < -0.39 is 44.7 Å². The molecule has 16 heteroatoms. The zero-order valence-electron chi connectivity index (χ0n) is 21.8. The van der Waals surface area contributed by atoms with E-state index in [0.717, 1.165) is 63.0 Å². The number of likely N-dealkylation sites (N-methyl/N-ethyl adjacent to an activating group) is 1. The Bertz CT molecular complexity index is 1220. The Balaban J connectivity index is 0.000000226. The van der Waals surface area contributed by atoms with Gasteiger partial charge in [-0.15, -0.1) is 0 Å². The molecule has 2 aromatic rings. The van der Waals surface area contributed by atoms with Gasteiger partial charge in [-0.25, -0.2) is 0 Å². The van der Waals surface area contributed by atoms with Crippen molar-refractivity contribution in [2.24, 2.45) is 0 Å². The average molecular weight is 595 g/mol. The fraction of sp³-hybridized carbons (Fsp3) is 0.520. The Labute approximate surface area is 230 Å². The maximum Gasteiger partial charge on any atom is 0.416 e. The van der Waals surface area contributed by atoms with Crippen LogP contribution in [0.1, 0.15) is 36.8 Å². The summed E-state index contributed by atoms with van der Waals surface area (Å²) in [5.41, 5.74) is -3.42. The molecule has 1 N–H and O–H groups in total. The molecule has 2 aromatic carbocycles. The average Bonchev–Trinajstić information content (AvgIpc) is 3.57. The SMILES string of the molecule is CN1CCCC1COc1cc([N+](=O)[O-])cc(C(F)(F)F)c1.O=[N+]([O-])c1cc(OCC2CCCN2)cc(C(F)(F)F)c1. The first-order chi connectivity index (χ1) is 19.1. The van der Waals surface area contributed by atoms with Gasteiger partial charge in [-0.2, -0.15) is 26.3 Å². The van der Waals surface area contributed by atoms with Crippen molar-refractivity contribution >= 4 is 11.4 Å². The Morgan fingerprint density at radius 1 is 0.829 bits per heavy atom. The zero-order chi connectivity index (χ0) is 30.4. The summed E-state index contributed by atoms with van der Waals surface area (Å²) < 4.78 is 86.8. The van der Waals surface area contributed by atoms with Crippen molar-refractivity contribution < 1.29 is 45.7 Å². The second-order valence-electron chi connectivity index (χ2n) is 9.63. The van der Waals surface area contributed by atoms with E-state index in [1.807, 2.05) is 7.05 Å². The number of non-ortho nitro benzene ring substituents is 2. The Hall–Kier alpha value is -3.66. The van der Waals surface area contributed by atoms with Gasteiger partial charge in [-0.1, -0.05) is 0 Å². The molecule has 0 spiro atoms. The van der Waals surface area contributed by atoms with Gasteiger partial charge in [0.25, 0.3) is 11.4 Å². The molecule has 10 nitrogen and oxygen atoms in total. The van der Waals surface area contributed by atoms with Gasteiger partial charge in [0.05, 0.1) is 33.1 Å². The number of rotatable bonds is 8. The molecule has 41 heavy (non-hydrogen) atoms. The molecule has 0 bridgehead atoms. The minimum Gasteiger partial charge on any atom is -0.492 e. The highest BCUT2D eigenvalue weighted by atomic mass is 19.4. The summed E-state index contributed by atoms with van der Waals surface area (Å²) in [7, 11) is 1.91. The summed E-state index contributed by atoms with van der Waals surface area (Å²) in [6.07, 6.45) is -5.52. The van der Waals surface area contributed by atoms with Gasteiger partial charge in [0.1, 0.15) is 24.7 Å². The zero-order valence-corrected chi connectivity index (χ0v) is 21.8. The number of likely N-dealkylation sites (tertiary alicyclic amines) is 1. The Kier molecular flexibility index (Phi) is 10.4. The number of ether oxygens (including phenoxy) is 2. The third kappa shape index (κ3) is 9.45. The molecule has 0 aromatic heterocycles. The molecule has 2 unspecified atom stereocenters. The summed E-state index contributed by atoms with van der Waals surface area (Å²) >= 11 is 0. The molecule has 2 saturated heterocycles. The third-order valence-corrected chi connectivity index (χ3v) is 6.59. The monoisotopic (exact) mass is 594 g/mol. The van der Waals surface area contributed by atoms with Crippen LogP contribution >= 0.6 is 0 Å². The van der Waals surface area contributed by atoms with Gasteiger partial charge in [0.15, 0.2) is 0 Å². The molecule has 2 fully saturated rings. The van der Waals surface area contributed by atoms with Crippen molar-refractivity contribution in [1.29, 1.82) is 0 Å². The second-order valence-corrected chi connectivity index (χ2v) is 9.63. The number of hydrogen-bond donors (Lipinski definition) is 1. The first kappa shape index (κ1) is 31.9. The summed E-state index contributed by atoms with van der Waals surface area (Å²) in [6.45, 7) is 2.17. The van der Waals surface area contributed by atoms with E-state index in [2.05, 4.69) is 10.2 Å². The number of benzene rings is 2. The van der Waals surface area contributed by atoms with Crippen LogP contribution in [0.4, 0.5) is 37.7 Å². The molecule has 2 aliphatic rings. The van der Waals surface area contributed by atoms with E-state index in [0.29, 0.717) is 12.1 Å². The van der Waals surface area contributed by atoms with Crippen molar-refractivity contribution in [3.63, 3.8) is 0 Å². The van der Waals surface area contributed by atoms with Crippen LogP contribution in [-0.2, 0) is 12.4 Å². The molecule has 2 heterocycles. The lowest BCUT2D eigenvalue weighted by Gasteiger charge is -2.20. The first-order valence-corrected chi connectivity index (χ1v) is 12.6. The molecule has 0 aliphatic carbocycles. The fourth-order valence-electron chi connectivity index (χ4n) is 4.35. The highest BCUT2D eigenvalue weighted by Gasteiger charge is 2.34. The van der Waals surface area contributed by atoms with Gasteiger partial charge in [-0.3, -0.25) is 20.2 Å². The molecule has 0 amide bonds. The van der Waals surface area contributed by atoms with Crippen LogP contribution in [0.3, 0.4) is 0 Å². The van der Waals surface area contributed by atoms with Crippen LogP contribution in [0.25, 0.3) is 0 Å². The van der Waals surface area contributed by atoms with Crippen molar-refractivity contribution in [2.45, 2.75) is 50.1 Å². The topological polar surface area (TPSA) is 120 Å². The number of nitro benzene ring substituents is 2. The molecule has 0 saturated carbocycles. The Morgan fingerprint density at radius 3 is 1.73 bits per heavy atom. The number of nitrogens with zero attached hydrogens (tertiary/aromatic N) is 3. The number of alkyl halides is 6. The van der Waals surface area contributed by atoms with Crippen molar-refractivity contribution in [2.75, 3.05) is 33.4 Å². The summed E-state index contributed by atoms with van der Waals surface area (Å²) in [4.78, 5) is 21.7. The summed E-state index contributed by atoms with van der Waals surface area (Å²) in [6, 6.07) is 4.80. The summed E-state index contributed by atoms with van der Waals surface area (Å²) in [5, 5.41) is 24.5. The number of nitro groups is 2. The van der Waals surface area contributed by atoms with E-state index in [4.69, 9.17) is 9.47 Å². The second kappa shape index (κ2) is 13.3. The quantitative estimate of drug-likeness (QED) is 0.230. The van der Waals surface area contributed by atoms with Gasteiger partial charge in [-0.05, 0) is 58.0 Å². The van der Waals surface area contributed by atoms with E-state index in [-0.39, 0.29) is 36.8 Å². The van der Waals surface area contributed by atoms with Crippen molar-refractivity contribution in [1.82, 2.24) is 10.2 Å². The standard InChI is InChI=1S/C13H15F3N2O3.C12H13F3N2O3/c1-17-4-2-3-10(17)8-21-12-6-9(13(14,15)16)5-11(7-12)18(19)20;13-12(14,15)8-4-10(17(18)19)6-11(5-8)20-7-9-2-1-3-16-9/h5-7,10H,2-4,8H2,1H3;4-6,9,16H,1-3,7H2. The maximum atomic E-state index is 12.7. The fourth-order valence-corrected chi connectivity index (χ4v) is 4.35. The normalized spacial score (nSPS) is 19.4. The lowest BCUT2D eigenvalue weighted by atomic mass is 10.2. The molecule has 2 aliphatic heterocycles. The van der Waals surface area contributed by atoms with Gasteiger partial charge in [0.2, 0.25) is 0 Å². The molecule has 0 radical (unpaired) electrons. The van der Waals surface area contributed by atoms with Crippen molar-refractivity contribution in [3.05, 3.63) is 67.8 Å². The molecular weight excluding hydrogens is 566 g/mol. The van der Waals surface area contributed by atoms with Crippen LogP contribution in [0.15, 0.2) is 36.4 Å². The van der Waals surface area contributed by atoms with Crippen LogP contribution in [0.5, 0.6) is 11.5 Å². The molecule has 226 valence electrons. The van der Waals surface area contributed by atoms with Gasteiger partial charge >= 0.3 is 12.4 Å². The van der Waals surface area contributed by atoms with Crippen LogP contribution in [-0.4, -0.2) is 60.2 Å². The van der Waals surface area contributed by atoms with E-state index in [1.165, 1.54) is 0 Å². The lowest BCUT2D eigenvalue weighted by Crippen LogP contribution is -2.30. The minimum atomic E-state index is -4.64. The Morgan fingerprint density at radius 2 is 1.34 bits per heavy atom. The largest absolute Gasteiger partial charge is 0.492 e. The predicted molar refractivity (Wildman–Crippen MR) is 134 cm³/mol. The van der Waals surface area contributed by atoms with E-state index >= 15 is 0 Å². The number of hydrogen-bond acceptors (Lipinski definition) is 8. The number of nitrogens with one attached hydrogen (secondary N) is 1. The van der Waals surface area contributed by atoms with Crippen molar-refractivity contribution in [3.8, 4) is 11.5 Å². The predicted octanol–water partition coefficient (Wildman–Crippen LogP) is 5.83. The number of halogens is 6.